The summed E-state index contributed by atoms with van der Waals surface area (Å²) in [5.41, 5.74) is 5.32. The molecule has 1 aromatic carbocycles. The van der Waals surface area contributed by atoms with Crippen molar-refractivity contribution in [2.75, 3.05) is 45.7 Å². The molecule has 0 saturated carbocycles. The average Bonchev–Trinajstić information content (AvgIpc) is 3.61. The van der Waals surface area contributed by atoms with Crippen LogP contribution in [-0.4, -0.2) is 78.1 Å². The zero-order valence-corrected chi connectivity index (χ0v) is 20.9. The Hall–Kier alpha value is -3.02. The molecule has 1 saturated heterocycles. The second-order valence-corrected chi connectivity index (χ2v) is 11.1. The van der Waals surface area contributed by atoms with E-state index < -0.39 is 10.0 Å². The molecule has 0 unspecified atom stereocenters. The summed E-state index contributed by atoms with van der Waals surface area (Å²) >= 11 is 0. The molecule has 1 aliphatic heterocycles. The number of likely N-dealkylation sites (N-methyl/N-ethyl adjacent to an activating group) is 1. The standard InChI is InChI=1S/C24H31N7O3S/c1-30(2)14-15-34-21-16-18(10-11-25-21)20-9-8-17-6-5-7-19(17)22(20)26-23-27-24(29-28-23)35(32,33)31-12-3-4-13-31/h8-11,16H,3-7,12-15H2,1-2H3,(H2,26,27,28,29). The molecule has 186 valence electrons. The molecule has 0 spiro atoms. The molecule has 5 rings (SSSR count). The van der Waals surface area contributed by atoms with Gasteiger partial charge in [0.1, 0.15) is 6.61 Å². The number of nitrogens with one attached hydrogen (secondary N) is 2. The van der Waals surface area contributed by atoms with Crippen LogP contribution in [0.15, 0.2) is 35.6 Å². The Labute approximate surface area is 205 Å². The Morgan fingerprint density at radius 2 is 1.97 bits per heavy atom. The summed E-state index contributed by atoms with van der Waals surface area (Å²) in [7, 11) is 0.332. The van der Waals surface area contributed by atoms with Gasteiger partial charge in [0, 0.05) is 37.5 Å². The van der Waals surface area contributed by atoms with E-state index in [0.29, 0.717) is 25.6 Å². The van der Waals surface area contributed by atoms with Crippen LogP contribution in [0, 0.1) is 0 Å². The van der Waals surface area contributed by atoms with Crippen LogP contribution in [0.3, 0.4) is 0 Å². The maximum atomic E-state index is 12.9. The van der Waals surface area contributed by atoms with E-state index in [1.54, 1.807) is 6.20 Å². The number of pyridine rings is 1. The van der Waals surface area contributed by atoms with Crippen molar-refractivity contribution >= 4 is 21.7 Å². The lowest BCUT2D eigenvalue weighted by molar-refractivity contribution is 0.254. The number of hydrogen-bond donors (Lipinski definition) is 2. The molecule has 35 heavy (non-hydrogen) atoms. The van der Waals surface area contributed by atoms with Crippen molar-refractivity contribution in [3.63, 3.8) is 0 Å². The highest BCUT2D eigenvalue weighted by molar-refractivity contribution is 7.89. The zero-order chi connectivity index (χ0) is 24.4. The van der Waals surface area contributed by atoms with Gasteiger partial charge >= 0.3 is 0 Å². The van der Waals surface area contributed by atoms with Crippen molar-refractivity contribution < 1.29 is 13.2 Å². The van der Waals surface area contributed by atoms with Gasteiger partial charge in [0.05, 0.1) is 5.69 Å². The number of nitrogens with zero attached hydrogens (tertiary/aromatic N) is 5. The van der Waals surface area contributed by atoms with Gasteiger partial charge in [-0.15, -0.1) is 5.10 Å². The maximum Gasteiger partial charge on any atom is 0.278 e. The molecule has 0 bridgehead atoms. The molecule has 3 heterocycles. The van der Waals surface area contributed by atoms with Crippen LogP contribution in [0.2, 0.25) is 0 Å². The van der Waals surface area contributed by atoms with Crippen molar-refractivity contribution in [1.82, 2.24) is 29.4 Å². The lowest BCUT2D eigenvalue weighted by Crippen LogP contribution is -2.28. The first-order valence-corrected chi connectivity index (χ1v) is 13.4. The fourth-order valence-electron chi connectivity index (χ4n) is 4.62. The summed E-state index contributed by atoms with van der Waals surface area (Å²) in [6, 6.07) is 8.12. The Bertz CT molecular complexity index is 1300. The van der Waals surface area contributed by atoms with Crippen molar-refractivity contribution in [1.29, 1.82) is 0 Å². The second-order valence-electron chi connectivity index (χ2n) is 9.21. The van der Waals surface area contributed by atoms with Crippen molar-refractivity contribution in [2.45, 2.75) is 37.3 Å². The minimum Gasteiger partial charge on any atom is -0.476 e. The van der Waals surface area contributed by atoms with Gasteiger partial charge in [0.25, 0.3) is 15.2 Å². The molecule has 10 nitrogen and oxygen atoms in total. The van der Waals surface area contributed by atoms with Crippen LogP contribution in [0.1, 0.15) is 30.4 Å². The predicted octanol–water partition coefficient (Wildman–Crippen LogP) is 2.82. The van der Waals surface area contributed by atoms with Gasteiger partial charge in [-0.2, -0.15) is 9.29 Å². The fraction of sp³-hybridized carbons (Fsp3) is 0.458. The van der Waals surface area contributed by atoms with Gasteiger partial charge in [-0.1, -0.05) is 12.1 Å². The number of H-pyrrole nitrogens is 1. The molecule has 2 N–H and O–H groups in total. The highest BCUT2D eigenvalue weighted by Gasteiger charge is 2.30. The fourth-order valence-corrected chi connectivity index (χ4v) is 5.97. The highest BCUT2D eigenvalue weighted by Crippen LogP contribution is 2.39. The van der Waals surface area contributed by atoms with E-state index in [0.717, 1.165) is 55.5 Å². The van der Waals surface area contributed by atoms with Gasteiger partial charge < -0.3 is 15.0 Å². The van der Waals surface area contributed by atoms with E-state index in [1.807, 2.05) is 26.2 Å². The summed E-state index contributed by atoms with van der Waals surface area (Å²) in [4.78, 5) is 10.7. The van der Waals surface area contributed by atoms with E-state index in [4.69, 9.17) is 4.74 Å². The Kier molecular flexibility index (Phi) is 6.72. The predicted molar refractivity (Wildman–Crippen MR) is 133 cm³/mol. The summed E-state index contributed by atoms with van der Waals surface area (Å²) in [5, 5.41) is 10.0. The van der Waals surface area contributed by atoms with E-state index in [-0.39, 0.29) is 11.1 Å². The van der Waals surface area contributed by atoms with Crippen LogP contribution in [0.5, 0.6) is 5.88 Å². The van der Waals surface area contributed by atoms with Gasteiger partial charge in [-0.3, -0.25) is 0 Å². The van der Waals surface area contributed by atoms with Crippen molar-refractivity contribution in [2.24, 2.45) is 0 Å². The minimum absolute atomic E-state index is 0.128. The SMILES string of the molecule is CN(C)CCOc1cc(-c2ccc3c(c2Nc2n[nH]c(S(=O)(=O)N4CCCC4)n2)CCC3)ccn1. The monoisotopic (exact) mass is 497 g/mol. The van der Waals surface area contributed by atoms with Crippen LogP contribution >= 0.6 is 0 Å². The first-order valence-electron chi connectivity index (χ1n) is 12.0. The normalized spacial score (nSPS) is 16.1. The van der Waals surface area contributed by atoms with Crippen LogP contribution in [-0.2, 0) is 22.9 Å². The summed E-state index contributed by atoms with van der Waals surface area (Å²) in [5.74, 6) is 0.800. The number of anilines is 2. The Morgan fingerprint density at radius 3 is 2.77 bits per heavy atom. The van der Waals surface area contributed by atoms with E-state index in [9.17, 15) is 8.42 Å². The third-order valence-electron chi connectivity index (χ3n) is 6.47. The molecule has 0 atom stereocenters. The lowest BCUT2D eigenvalue weighted by atomic mass is 9.98. The molecular weight excluding hydrogens is 466 g/mol. The Balaban J connectivity index is 1.45. The van der Waals surface area contributed by atoms with Gasteiger partial charge in [0.15, 0.2) is 0 Å². The van der Waals surface area contributed by atoms with Crippen LogP contribution in [0.25, 0.3) is 11.1 Å². The van der Waals surface area contributed by atoms with Gasteiger partial charge in [0.2, 0.25) is 11.8 Å². The lowest BCUT2D eigenvalue weighted by Gasteiger charge is -2.16. The number of aromatic nitrogens is 4. The molecule has 1 fully saturated rings. The first-order chi connectivity index (χ1) is 16.9. The molecule has 1 aliphatic carbocycles. The third kappa shape index (κ3) is 5.02. The molecule has 2 aliphatic rings. The van der Waals surface area contributed by atoms with Gasteiger partial charge in [-0.25, -0.2) is 18.5 Å². The number of sulfonamides is 1. The third-order valence-corrected chi connectivity index (χ3v) is 8.18. The summed E-state index contributed by atoms with van der Waals surface area (Å²) in [6.45, 7) is 2.38. The average molecular weight is 498 g/mol. The number of rotatable bonds is 9. The van der Waals surface area contributed by atoms with Crippen molar-refractivity contribution in [3.05, 3.63) is 41.6 Å². The van der Waals surface area contributed by atoms with Crippen LogP contribution in [0.4, 0.5) is 11.6 Å². The van der Waals surface area contributed by atoms with E-state index in [2.05, 4.69) is 42.5 Å². The number of fused-ring (bicyclic) bond motifs is 1. The van der Waals surface area contributed by atoms with Gasteiger partial charge in [-0.05, 0) is 69.0 Å². The Morgan fingerprint density at radius 1 is 1.14 bits per heavy atom. The number of ether oxygens (including phenoxy) is 1. The second kappa shape index (κ2) is 9.92. The molecule has 0 amide bonds. The number of benzene rings is 1. The first kappa shape index (κ1) is 23.7. The molecule has 2 aromatic heterocycles. The van der Waals surface area contributed by atoms with Crippen molar-refractivity contribution in [3.8, 4) is 17.0 Å². The molecule has 3 aromatic rings. The smallest absolute Gasteiger partial charge is 0.278 e. The molecule has 0 radical (unpaired) electrons. The summed E-state index contributed by atoms with van der Waals surface area (Å²) in [6.07, 6.45) is 6.50. The van der Waals surface area contributed by atoms with E-state index >= 15 is 0 Å². The summed E-state index contributed by atoms with van der Waals surface area (Å²) < 4.78 is 33.1. The number of hydrogen-bond acceptors (Lipinski definition) is 8. The minimum atomic E-state index is -3.67. The number of aromatic amines is 1. The van der Waals surface area contributed by atoms with Crippen LogP contribution < -0.4 is 10.1 Å². The highest BCUT2D eigenvalue weighted by atomic mass is 32.2. The maximum absolute atomic E-state index is 12.9. The van der Waals surface area contributed by atoms with E-state index in [1.165, 1.54) is 15.4 Å². The quantitative estimate of drug-likeness (QED) is 0.464. The molecule has 11 heteroatoms. The number of aryl methyl sites for hydroxylation is 1. The topological polar surface area (TPSA) is 116 Å². The largest absolute Gasteiger partial charge is 0.476 e. The molecular formula is C24H31N7O3S. The zero-order valence-electron chi connectivity index (χ0n) is 20.1.